The Morgan fingerprint density at radius 2 is 1.81 bits per heavy atom. The SMILES string of the molecule is CCC(N)C(Oc1cccc(F)c1F)c1ccccc1C. The zero-order valence-electron chi connectivity index (χ0n) is 12.1. The number of nitrogens with two attached hydrogens (primary N) is 1. The van der Waals surface area contributed by atoms with E-state index >= 15 is 0 Å². The lowest BCUT2D eigenvalue weighted by Crippen LogP contribution is -2.32. The van der Waals surface area contributed by atoms with Gasteiger partial charge >= 0.3 is 0 Å². The Morgan fingerprint density at radius 3 is 2.48 bits per heavy atom. The summed E-state index contributed by atoms with van der Waals surface area (Å²) in [7, 11) is 0. The van der Waals surface area contributed by atoms with Gasteiger partial charge in [0.15, 0.2) is 11.6 Å². The van der Waals surface area contributed by atoms with E-state index in [2.05, 4.69) is 0 Å². The van der Waals surface area contributed by atoms with Crippen molar-refractivity contribution in [2.75, 3.05) is 0 Å². The third-order valence-electron chi connectivity index (χ3n) is 3.53. The number of rotatable bonds is 5. The van der Waals surface area contributed by atoms with Crippen molar-refractivity contribution in [1.82, 2.24) is 0 Å². The summed E-state index contributed by atoms with van der Waals surface area (Å²) in [6.45, 7) is 3.87. The molecule has 0 amide bonds. The normalized spacial score (nSPS) is 13.8. The van der Waals surface area contributed by atoms with Crippen molar-refractivity contribution < 1.29 is 13.5 Å². The molecule has 0 aliphatic carbocycles. The second-order valence-corrected chi connectivity index (χ2v) is 5.02. The lowest BCUT2D eigenvalue weighted by atomic mass is 9.97. The van der Waals surface area contributed by atoms with Gasteiger partial charge in [-0.15, -0.1) is 0 Å². The van der Waals surface area contributed by atoms with Gasteiger partial charge in [0.25, 0.3) is 0 Å². The van der Waals surface area contributed by atoms with E-state index in [1.54, 1.807) is 0 Å². The van der Waals surface area contributed by atoms with Crippen molar-refractivity contribution in [3.8, 4) is 5.75 Å². The predicted octanol–water partition coefficient (Wildman–Crippen LogP) is 4.13. The standard InChI is InChI=1S/C17H19F2NO/c1-3-14(20)17(12-8-5-4-7-11(12)2)21-15-10-6-9-13(18)16(15)19/h4-10,14,17H,3,20H2,1-2H3. The van der Waals surface area contributed by atoms with Gasteiger partial charge in [-0.05, 0) is 36.6 Å². The van der Waals surface area contributed by atoms with E-state index in [0.717, 1.165) is 17.2 Å². The zero-order chi connectivity index (χ0) is 15.4. The molecule has 0 bridgehead atoms. The molecular weight excluding hydrogens is 272 g/mol. The second kappa shape index (κ2) is 6.68. The van der Waals surface area contributed by atoms with E-state index in [-0.39, 0.29) is 11.8 Å². The molecule has 2 rings (SSSR count). The Balaban J connectivity index is 2.38. The topological polar surface area (TPSA) is 35.2 Å². The van der Waals surface area contributed by atoms with Gasteiger partial charge in [-0.2, -0.15) is 4.39 Å². The molecule has 2 atom stereocenters. The fraction of sp³-hybridized carbons (Fsp3) is 0.294. The molecule has 2 nitrogen and oxygen atoms in total. The van der Waals surface area contributed by atoms with E-state index in [0.29, 0.717) is 6.42 Å². The monoisotopic (exact) mass is 291 g/mol. The van der Waals surface area contributed by atoms with Gasteiger partial charge in [-0.3, -0.25) is 0 Å². The average Bonchev–Trinajstić information content (AvgIpc) is 2.49. The van der Waals surface area contributed by atoms with Crippen LogP contribution in [0.4, 0.5) is 8.78 Å². The Hall–Kier alpha value is -1.94. The third kappa shape index (κ3) is 3.39. The molecule has 0 aliphatic rings. The lowest BCUT2D eigenvalue weighted by molar-refractivity contribution is 0.161. The highest BCUT2D eigenvalue weighted by Gasteiger charge is 2.24. The number of benzene rings is 2. The number of aryl methyl sites for hydroxylation is 1. The van der Waals surface area contributed by atoms with Crippen LogP contribution in [0.5, 0.6) is 5.75 Å². The number of ether oxygens (including phenoxy) is 1. The minimum atomic E-state index is -0.987. The van der Waals surface area contributed by atoms with Crippen LogP contribution in [0.15, 0.2) is 42.5 Å². The summed E-state index contributed by atoms with van der Waals surface area (Å²) in [5, 5.41) is 0. The minimum Gasteiger partial charge on any atom is -0.481 e. The predicted molar refractivity (Wildman–Crippen MR) is 79.2 cm³/mol. The van der Waals surface area contributed by atoms with Crippen molar-refractivity contribution in [3.05, 3.63) is 65.2 Å². The van der Waals surface area contributed by atoms with E-state index in [1.165, 1.54) is 12.1 Å². The molecule has 112 valence electrons. The summed E-state index contributed by atoms with van der Waals surface area (Å²) in [6.07, 6.45) is 0.142. The molecule has 0 aliphatic heterocycles. The van der Waals surface area contributed by atoms with Gasteiger partial charge in [-0.25, -0.2) is 4.39 Å². The Morgan fingerprint density at radius 1 is 1.10 bits per heavy atom. The minimum absolute atomic E-state index is 0.118. The molecule has 0 saturated heterocycles. The first-order valence-corrected chi connectivity index (χ1v) is 6.96. The average molecular weight is 291 g/mol. The van der Waals surface area contributed by atoms with Crippen LogP contribution in [-0.2, 0) is 0 Å². The molecule has 2 aromatic carbocycles. The molecule has 0 heterocycles. The number of hydrogen-bond acceptors (Lipinski definition) is 2. The summed E-state index contributed by atoms with van der Waals surface area (Å²) in [6, 6.07) is 11.2. The molecule has 0 aromatic heterocycles. The largest absolute Gasteiger partial charge is 0.481 e. The van der Waals surface area contributed by atoms with Crippen molar-refractivity contribution in [2.24, 2.45) is 5.73 Å². The Kier molecular flexibility index (Phi) is 4.91. The first kappa shape index (κ1) is 15.4. The highest BCUT2D eigenvalue weighted by molar-refractivity contribution is 5.32. The summed E-state index contributed by atoms with van der Waals surface area (Å²) in [4.78, 5) is 0. The maximum Gasteiger partial charge on any atom is 0.200 e. The van der Waals surface area contributed by atoms with Gasteiger partial charge < -0.3 is 10.5 Å². The van der Waals surface area contributed by atoms with Crippen LogP contribution in [0.25, 0.3) is 0 Å². The van der Waals surface area contributed by atoms with E-state index < -0.39 is 17.7 Å². The summed E-state index contributed by atoms with van der Waals surface area (Å²) in [5.41, 5.74) is 8.00. The first-order valence-electron chi connectivity index (χ1n) is 6.96. The fourth-order valence-electron chi connectivity index (χ4n) is 2.21. The van der Waals surface area contributed by atoms with Crippen LogP contribution in [0, 0.1) is 18.6 Å². The molecule has 2 N–H and O–H groups in total. The molecule has 4 heteroatoms. The summed E-state index contributed by atoms with van der Waals surface area (Å²) < 4.78 is 32.8. The van der Waals surface area contributed by atoms with Crippen LogP contribution >= 0.6 is 0 Å². The summed E-state index contributed by atoms with van der Waals surface area (Å²) >= 11 is 0. The van der Waals surface area contributed by atoms with Gasteiger partial charge in [0, 0.05) is 6.04 Å². The molecule has 2 aromatic rings. The van der Waals surface area contributed by atoms with Crippen LogP contribution in [-0.4, -0.2) is 6.04 Å². The molecule has 0 radical (unpaired) electrons. The van der Waals surface area contributed by atoms with Crippen LogP contribution in [0.1, 0.15) is 30.6 Å². The highest BCUT2D eigenvalue weighted by Crippen LogP contribution is 2.30. The summed E-state index contributed by atoms with van der Waals surface area (Å²) in [5.74, 6) is -2.03. The highest BCUT2D eigenvalue weighted by atomic mass is 19.2. The van der Waals surface area contributed by atoms with Gasteiger partial charge in [0.1, 0.15) is 6.10 Å². The maximum absolute atomic E-state index is 13.8. The molecule has 0 saturated carbocycles. The number of halogens is 2. The van der Waals surface area contributed by atoms with Crippen molar-refractivity contribution in [1.29, 1.82) is 0 Å². The Bertz CT molecular complexity index is 615. The van der Waals surface area contributed by atoms with Crippen molar-refractivity contribution >= 4 is 0 Å². The lowest BCUT2D eigenvalue weighted by Gasteiger charge is -2.26. The molecule has 21 heavy (non-hydrogen) atoms. The van der Waals surface area contributed by atoms with Crippen molar-refractivity contribution in [3.63, 3.8) is 0 Å². The van der Waals surface area contributed by atoms with Gasteiger partial charge in [0.2, 0.25) is 5.82 Å². The maximum atomic E-state index is 13.8. The first-order chi connectivity index (χ1) is 10.0. The molecule has 0 fully saturated rings. The van der Waals surface area contributed by atoms with Gasteiger partial charge in [0.05, 0.1) is 0 Å². The van der Waals surface area contributed by atoms with E-state index in [9.17, 15) is 8.78 Å². The fourth-order valence-corrected chi connectivity index (χ4v) is 2.21. The molecule has 2 unspecified atom stereocenters. The molecule has 0 spiro atoms. The third-order valence-corrected chi connectivity index (χ3v) is 3.53. The quantitative estimate of drug-likeness (QED) is 0.899. The van der Waals surface area contributed by atoms with E-state index in [4.69, 9.17) is 10.5 Å². The van der Waals surface area contributed by atoms with Crippen LogP contribution in [0.3, 0.4) is 0 Å². The number of hydrogen-bond donors (Lipinski definition) is 1. The van der Waals surface area contributed by atoms with Crippen molar-refractivity contribution in [2.45, 2.75) is 32.4 Å². The molecular formula is C17H19F2NO. The van der Waals surface area contributed by atoms with Gasteiger partial charge in [-0.1, -0.05) is 37.3 Å². The zero-order valence-corrected chi connectivity index (χ0v) is 12.1. The second-order valence-electron chi connectivity index (χ2n) is 5.02. The van der Waals surface area contributed by atoms with Crippen LogP contribution in [0.2, 0.25) is 0 Å². The smallest absolute Gasteiger partial charge is 0.200 e. The van der Waals surface area contributed by atoms with Crippen LogP contribution < -0.4 is 10.5 Å². The Labute approximate surface area is 123 Å². The van der Waals surface area contributed by atoms with E-state index in [1.807, 2.05) is 38.1 Å².